The Bertz CT molecular complexity index is 731. The smallest absolute Gasteiger partial charge is 0.130 e. The summed E-state index contributed by atoms with van der Waals surface area (Å²) in [5, 5.41) is 5.43. The lowest BCUT2D eigenvalue weighted by atomic mass is 10.1. The summed E-state index contributed by atoms with van der Waals surface area (Å²) < 4.78 is 0. The van der Waals surface area contributed by atoms with Gasteiger partial charge in [0.25, 0.3) is 0 Å². The normalized spacial score (nSPS) is 10.7. The average molecular weight is 296 g/mol. The highest BCUT2D eigenvalue weighted by Gasteiger charge is 2.07. The second-order valence-electron chi connectivity index (χ2n) is 4.55. The average Bonchev–Trinajstić information content (AvgIpc) is 2.54. The number of hydrogen-bond donors (Lipinski definition) is 1. The fraction of sp³-hybridized carbons (Fsp3) is 0.188. The van der Waals surface area contributed by atoms with Crippen LogP contribution in [0, 0.1) is 0 Å². The Morgan fingerprint density at radius 1 is 1.19 bits per heavy atom. The third kappa shape index (κ3) is 3.31. The highest BCUT2D eigenvalue weighted by molar-refractivity contribution is 7.98. The summed E-state index contributed by atoms with van der Waals surface area (Å²) in [6.45, 7) is 2.94. The molecule has 1 aromatic carbocycles. The van der Waals surface area contributed by atoms with Crippen LogP contribution in [0.1, 0.15) is 12.5 Å². The highest BCUT2D eigenvalue weighted by atomic mass is 32.2. The molecule has 0 atom stereocenters. The molecule has 21 heavy (non-hydrogen) atoms. The number of rotatable bonds is 5. The van der Waals surface area contributed by atoms with E-state index < -0.39 is 0 Å². The molecule has 0 fully saturated rings. The fourth-order valence-corrected chi connectivity index (χ4v) is 2.90. The van der Waals surface area contributed by atoms with E-state index in [9.17, 15) is 0 Å². The van der Waals surface area contributed by atoms with Crippen LogP contribution < -0.4 is 5.32 Å². The van der Waals surface area contributed by atoms with Gasteiger partial charge in [0.2, 0.25) is 0 Å². The molecule has 1 N–H and O–H groups in total. The van der Waals surface area contributed by atoms with Gasteiger partial charge < -0.3 is 5.32 Å². The summed E-state index contributed by atoms with van der Waals surface area (Å²) in [5.41, 5.74) is 2.20. The number of nitrogens with one attached hydrogen (secondary N) is 1. The number of pyridine rings is 1. The van der Waals surface area contributed by atoms with Crippen molar-refractivity contribution in [3.8, 4) is 0 Å². The van der Waals surface area contributed by atoms with Crippen LogP contribution in [0.5, 0.6) is 0 Å². The van der Waals surface area contributed by atoms with Crippen molar-refractivity contribution in [3.05, 3.63) is 54.5 Å². The van der Waals surface area contributed by atoms with E-state index in [-0.39, 0.29) is 0 Å². The van der Waals surface area contributed by atoms with Crippen molar-refractivity contribution in [2.24, 2.45) is 0 Å². The van der Waals surface area contributed by atoms with Crippen LogP contribution in [0.4, 0.5) is 5.82 Å². The Kier molecular flexibility index (Phi) is 4.31. The van der Waals surface area contributed by atoms with Gasteiger partial charge in [0.15, 0.2) is 0 Å². The molecular formula is C16H16N4S. The Labute approximate surface area is 128 Å². The van der Waals surface area contributed by atoms with Crippen molar-refractivity contribution < 1.29 is 0 Å². The van der Waals surface area contributed by atoms with Gasteiger partial charge in [-0.25, -0.2) is 9.97 Å². The number of benzene rings is 1. The lowest BCUT2D eigenvalue weighted by molar-refractivity contribution is 1.05. The van der Waals surface area contributed by atoms with E-state index in [0.717, 1.165) is 34.0 Å². The molecule has 5 heteroatoms. The lowest BCUT2D eigenvalue weighted by Crippen LogP contribution is -2.03. The maximum Gasteiger partial charge on any atom is 0.130 e. The van der Waals surface area contributed by atoms with Crippen molar-refractivity contribution in [3.63, 3.8) is 0 Å². The molecule has 3 rings (SSSR count). The Morgan fingerprint density at radius 2 is 2.10 bits per heavy atom. The number of anilines is 1. The molecule has 0 spiro atoms. The summed E-state index contributed by atoms with van der Waals surface area (Å²) in [6.07, 6.45) is 5.18. The van der Waals surface area contributed by atoms with Crippen LogP contribution in [0.2, 0.25) is 0 Å². The third-order valence-corrected chi connectivity index (χ3v) is 4.02. The molecule has 0 saturated carbocycles. The molecule has 0 amide bonds. The van der Waals surface area contributed by atoms with Crippen molar-refractivity contribution in [2.75, 3.05) is 11.9 Å². The quantitative estimate of drug-likeness (QED) is 0.727. The standard InChI is InChI=1S/C16H16N4S/c1-2-18-16-13(11-21-15-10-17-7-8-19-15)9-12-5-3-4-6-14(12)20-16/h3-10H,2,11H2,1H3,(H,18,20). The molecule has 0 aliphatic rings. The number of aromatic nitrogens is 3. The van der Waals surface area contributed by atoms with E-state index in [0.29, 0.717) is 0 Å². The Balaban J connectivity index is 1.90. The summed E-state index contributed by atoms with van der Waals surface area (Å²) in [5.74, 6) is 1.77. The van der Waals surface area contributed by atoms with E-state index >= 15 is 0 Å². The minimum Gasteiger partial charge on any atom is -0.370 e. The van der Waals surface area contributed by atoms with Gasteiger partial charge in [0, 0.05) is 35.6 Å². The number of fused-ring (bicyclic) bond motifs is 1. The van der Waals surface area contributed by atoms with Crippen LogP contribution >= 0.6 is 11.8 Å². The SMILES string of the molecule is CCNc1nc2ccccc2cc1CSc1cnccn1. The minimum absolute atomic E-state index is 0.818. The van der Waals surface area contributed by atoms with Crippen LogP contribution in [-0.4, -0.2) is 21.5 Å². The first-order valence-electron chi connectivity index (χ1n) is 6.88. The zero-order valence-corrected chi connectivity index (χ0v) is 12.6. The zero-order chi connectivity index (χ0) is 14.5. The van der Waals surface area contributed by atoms with Gasteiger partial charge in [-0.15, -0.1) is 0 Å². The van der Waals surface area contributed by atoms with Gasteiger partial charge in [0.05, 0.1) is 11.7 Å². The topological polar surface area (TPSA) is 50.7 Å². The first-order valence-corrected chi connectivity index (χ1v) is 7.86. The number of para-hydroxylation sites is 1. The van der Waals surface area contributed by atoms with E-state index in [4.69, 9.17) is 4.98 Å². The zero-order valence-electron chi connectivity index (χ0n) is 11.8. The van der Waals surface area contributed by atoms with E-state index in [1.807, 2.05) is 18.2 Å². The van der Waals surface area contributed by atoms with Gasteiger partial charge >= 0.3 is 0 Å². The third-order valence-electron chi connectivity index (χ3n) is 3.06. The largest absolute Gasteiger partial charge is 0.370 e. The van der Waals surface area contributed by atoms with Gasteiger partial charge in [-0.3, -0.25) is 4.98 Å². The molecule has 0 aliphatic heterocycles. The second-order valence-corrected chi connectivity index (χ2v) is 5.55. The molecule has 4 nitrogen and oxygen atoms in total. The maximum atomic E-state index is 4.72. The van der Waals surface area contributed by atoms with E-state index in [1.165, 1.54) is 5.56 Å². The first kappa shape index (κ1) is 13.8. The molecule has 3 aromatic rings. The molecule has 106 valence electrons. The van der Waals surface area contributed by atoms with Crippen molar-refractivity contribution in [1.29, 1.82) is 0 Å². The van der Waals surface area contributed by atoms with Crippen LogP contribution in [0.3, 0.4) is 0 Å². The molecule has 2 heterocycles. The van der Waals surface area contributed by atoms with Crippen molar-refractivity contribution in [2.45, 2.75) is 17.7 Å². The molecule has 2 aromatic heterocycles. The lowest BCUT2D eigenvalue weighted by Gasteiger charge is -2.11. The minimum atomic E-state index is 0.818. The molecular weight excluding hydrogens is 280 g/mol. The molecule has 0 unspecified atom stereocenters. The Hall–Kier alpha value is -2.14. The monoisotopic (exact) mass is 296 g/mol. The Morgan fingerprint density at radius 3 is 2.90 bits per heavy atom. The van der Waals surface area contributed by atoms with Crippen molar-refractivity contribution >= 4 is 28.5 Å². The van der Waals surface area contributed by atoms with Gasteiger partial charge in [-0.2, -0.15) is 0 Å². The summed E-state index contributed by atoms with van der Waals surface area (Å²) in [7, 11) is 0. The first-order chi connectivity index (χ1) is 10.4. The van der Waals surface area contributed by atoms with E-state index in [1.54, 1.807) is 30.4 Å². The van der Waals surface area contributed by atoms with Crippen LogP contribution in [0.25, 0.3) is 10.9 Å². The summed E-state index contributed by atoms with van der Waals surface area (Å²) >= 11 is 1.67. The molecule has 0 saturated heterocycles. The van der Waals surface area contributed by atoms with Gasteiger partial charge in [0.1, 0.15) is 10.8 Å². The van der Waals surface area contributed by atoms with E-state index in [2.05, 4.69) is 34.3 Å². The van der Waals surface area contributed by atoms with Crippen LogP contribution in [-0.2, 0) is 5.75 Å². The predicted molar refractivity (Wildman–Crippen MR) is 87.5 cm³/mol. The molecule has 0 aliphatic carbocycles. The number of thioether (sulfide) groups is 1. The van der Waals surface area contributed by atoms with Crippen molar-refractivity contribution in [1.82, 2.24) is 15.0 Å². The summed E-state index contributed by atoms with van der Waals surface area (Å²) in [6, 6.07) is 10.4. The fourth-order valence-electron chi connectivity index (χ4n) is 2.10. The van der Waals surface area contributed by atoms with Crippen LogP contribution in [0.15, 0.2) is 53.9 Å². The van der Waals surface area contributed by atoms with Gasteiger partial charge in [-0.05, 0) is 19.1 Å². The number of nitrogens with zero attached hydrogens (tertiary/aromatic N) is 3. The summed E-state index contributed by atoms with van der Waals surface area (Å²) in [4.78, 5) is 13.1. The van der Waals surface area contributed by atoms with Gasteiger partial charge in [-0.1, -0.05) is 30.0 Å². The number of hydrogen-bond acceptors (Lipinski definition) is 5. The second kappa shape index (κ2) is 6.54. The molecule has 0 bridgehead atoms. The predicted octanol–water partition coefficient (Wildman–Crippen LogP) is 3.75. The maximum absolute atomic E-state index is 4.72. The molecule has 0 radical (unpaired) electrons. The highest BCUT2D eigenvalue weighted by Crippen LogP contribution is 2.27.